The topological polar surface area (TPSA) is 12.0 Å². The molecule has 0 heterocycles. The van der Waals surface area contributed by atoms with Crippen LogP contribution in [-0.2, 0) is 0 Å². The van der Waals surface area contributed by atoms with Crippen LogP contribution in [0.25, 0.3) is 0 Å². The molecule has 1 spiro atoms. The van der Waals surface area contributed by atoms with E-state index in [4.69, 9.17) is 0 Å². The van der Waals surface area contributed by atoms with Crippen LogP contribution in [0.3, 0.4) is 0 Å². The van der Waals surface area contributed by atoms with E-state index in [1.54, 1.807) is 19.3 Å². The lowest BCUT2D eigenvalue weighted by Gasteiger charge is -2.58. The van der Waals surface area contributed by atoms with Crippen molar-refractivity contribution in [1.82, 2.24) is 5.32 Å². The number of hydrogen-bond donors (Lipinski definition) is 1. The Bertz CT molecular complexity index is 213. The van der Waals surface area contributed by atoms with Crippen LogP contribution in [-0.4, -0.2) is 13.1 Å². The van der Waals surface area contributed by atoms with E-state index >= 15 is 0 Å². The van der Waals surface area contributed by atoms with Crippen molar-refractivity contribution < 1.29 is 0 Å². The molecule has 3 aliphatic carbocycles. The van der Waals surface area contributed by atoms with Crippen molar-refractivity contribution >= 4 is 0 Å². The van der Waals surface area contributed by atoms with Gasteiger partial charge in [-0.1, -0.05) is 6.42 Å². The van der Waals surface area contributed by atoms with Crippen LogP contribution in [0, 0.1) is 17.3 Å². The van der Waals surface area contributed by atoms with Crippen molar-refractivity contribution in [2.45, 2.75) is 51.0 Å². The van der Waals surface area contributed by atoms with Gasteiger partial charge in [-0.3, -0.25) is 0 Å². The van der Waals surface area contributed by atoms with Gasteiger partial charge in [0.05, 0.1) is 0 Å². The minimum absolute atomic E-state index is 0.839. The molecule has 3 saturated carbocycles. The molecular weight excluding hydrogens is 158 g/mol. The Labute approximate surface area is 81.3 Å². The van der Waals surface area contributed by atoms with E-state index in [1.807, 2.05) is 0 Å². The van der Waals surface area contributed by atoms with Crippen molar-refractivity contribution in [3.8, 4) is 0 Å². The lowest BCUT2D eigenvalue weighted by atomic mass is 9.49. The molecule has 0 aromatic carbocycles. The molecule has 3 rings (SSSR count). The monoisotopic (exact) mass is 179 g/mol. The first-order valence-electron chi connectivity index (χ1n) is 6.04. The number of rotatable bonds is 1. The molecule has 3 fully saturated rings. The first-order chi connectivity index (χ1) is 6.37. The molecule has 74 valence electrons. The van der Waals surface area contributed by atoms with Crippen LogP contribution in [0.2, 0.25) is 0 Å². The zero-order valence-corrected chi connectivity index (χ0v) is 8.68. The summed E-state index contributed by atoms with van der Waals surface area (Å²) in [7, 11) is 2.16. The van der Waals surface area contributed by atoms with Crippen LogP contribution < -0.4 is 5.32 Å². The van der Waals surface area contributed by atoms with E-state index in [0.717, 1.165) is 23.3 Å². The van der Waals surface area contributed by atoms with E-state index in [9.17, 15) is 0 Å². The van der Waals surface area contributed by atoms with Crippen LogP contribution in [0.5, 0.6) is 0 Å². The maximum atomic E-state index is 3.54. The lowest BCUT2D eigenvalue weighted by molar-refractivity contribution is -0.0666. The summed E-state index contributed by atoms with van der Waals surface area (Å²) in [6.45, 7) is 0. The van der Waals surface area contributed by atoms with Gasteiger partial charge in [-0.2, -0.15) is 0 Å². The molecule has 0 aromatic rings. The number of hydrogen-bond acceptors (Lipinski definition) is 1. The van der Waals surface area contributed by atoms with Crippen LogP contribution in [0.4, 0.5) is 0 Å². The highest BCUT2D eigenvalue weighted by molar-refractivity contribution is 5.09. The Morgan fingerprint density at radius 1 is 1.08 bits per heavy atom. The second kappa shape index (κ2) is 2.73. The summed E-state index contributed by atoms with van der Waals surface area (Å²) in [5, 5.41) is 3.54. The normalized spacial score (nSPS) is 53.8. The molecule has 0 saturated heterocycles. The zero-order valence-electron chi connectivity index (χ0n) is 8.68. The molecule has 1 heteroatoms. The highest BCUT2D eigenvalue weighted by Gasteiger charge is 2.57. The van der Waals surface area contributed by atoms with Crippen molar-refractivity contribution in [2.75, 3.05) is 7.05 Å². The van der Waals surface area contributed by atoms with E-state index < -0.39 is 0 Å². The second-order valence-electron chi connectivity index (χ2n) is 5.44. The molecule has 3 aliphatic rings. The molecule has 13 heavy (non-hydrogen) atoms. The minimum atomic E-state index is 0.839. The molecule has 0 radical (unpaired) electrons. The lowest BCUT2D eigenvalue weighted by Crippen LogP contribution is -2.56. The number of nitrogens with one attached hydrogen (secondary N) is 1. The molecular formula is C12H21N. The van der Waals surface area contributed by atoms with Gasteiger partial charge in [-0.15, -0.1) is 0 Å². The predicted molar refractivity (Wildman–Crippen MR) is 54.6 cm³/mol. The highest BCUT2D eigenvalue weighted by Crippen LogP contribution is 2.65. The first-order valence-corrected chi connectivity index (χ1v) is 6.04. The third-order valence-electron chi connectivity index (χ3n) is 5.35. The van der Waals surface area contributed by atoms with Gasteiger partial charge in [0.2, 0.25) is 0 Å². The molecule has 0 aromatic heterocycles. The summed E-state index contributed by atoms with van der Waals surface area (Å²) in [4.78, 5) is 0. The second-order valence-corrected chi connectivity index (χ2v) is 5.44. The SMILES string of the molecule is CNC1CCC2CCCC23CCC13. The fraction of sp³-hybridized carbons (Fsp3) is 1.00. The summed E-state index contributed by atoms with van der Waals surface area (Å²) in [6, 6.07) is 0.864. The molecule has 0 bridgehead atoms. The summed E-state index contributed by atoms with van der Waals surface area (Å²) in [6.07, 6.45) is 10.7. The average Bonchev–Trinajstić information content (AvgIpc) is 2.54. The van der Waals surface area contributed by atoms with Crippen LogP contribution in [0.15, 0.2) is 0 Å². The van der Waals surface area contributed by atoms with Crippen molar-refractivity contribution in [3.63, 3.8) is 0 Å². The minimum Gasteiger partial charge on any atom is -0.317 e. The van der Waals surface area contributed by atoms with Gasteiger partial charge in [0.15, 0.2) is 0 Å². The van der Waals surface area contributed by atoms with Gasteiger partial charge >= 0.3 is 0 Å². The van der Waals surface area contributed by atoms with Crippen molar-refractivity contribution in [1.29, 1.82) is 0 Å². The maximum absolute atomic E-state index is 3.54. The maximum Gasteiger partial charge on any atom is 0.00978 e. The predicted octanol–water partition coefficient (Wildman–Crippen LogP) is 2.56. The van der Waals surface area contributed by atoms with E-state index in [2.05, 4.69) is 12.4 Å². The summed E-state index contributed by atoms with van der Waals surface area (Å²) >= 11 is 0. The molecule has 1 nitrogen and oxygen atoms in total. The summed E-state index contributed by atoms with van der Waals surface area (Å²) in [5.41, 5.74) is 0.839. The first kappa shape index (κ1) is 8.28. The summed E-state index contributed by atoms with van der Waals surface area (Å²) < 4.78 is 0. The van der Waals surface area contributed by atoms with Gasteiger partial charge < -0.3 is 5.32 Å². The van der Waals surface area contributed by atoms with Gasteiger partial charge in [-0.05, 0) is 62.8 Å². The molecule has 0 aliphatic heterocycles. The Morgan fingerprint density at radius 2 is 2.00 bits per heavy atom. The van der Waals surface area contributed by atoms with Crippen molar-refractivity contribution in [2.24, 2.45) is 17.3 Å². The summed E-state index contributed by atoms with van der Waals surface area (Å²) in [5.74, 6) is 2.18. The highest BCUT2D eigenvalue weighted by atomic mass is 14.9. The molecule has 0 amide bonds. The Balaban J connectivity index is 1.85. The van der Waals surface area contributed by atoms with Crippen molar-refractivity contribution in [3.05, 3.63) is 0 Å². The van der Waals surface area contributed by atoms with E-state index in [1.165, 1.54) is 25.7 Å². The van der Waals surface area contributed by atoms with Crippen LogP contribution >= 0.6 is 0 Å². The zero-order chi connectivity index (χ0) is 8.89. The fourth-order valence-electron chi connectivity index (χ4n) is 4.63. The van der Waals surface area contributed by atoms with Gasteiger partial charge in [-0.25, -0.2) is 0 Å². The van der Waals surface area contributed by atoms with E-state index in [0.29, 0.717) is 0 Å². The van der Waals surface area contributed by atoms with Gasteiger partial charge in [0.1, 0.15) is 0 Å². The smallest absolute Gasteiger partial charge is 0.00978 e. The molecule has 4 atom stereocenters. The van der Waals surface area contributed by atoms with E-state index in [-0.39, 0.29) is 0 Å². The Hall–Kier alpha value is -0.0400. The molecule has 4 unspecified atom stereocenters. The largest absolute Gasteiger partial charge is 0.317 e. The third kappa shape index (κ3) is 0.918. The Kier molecular flexibility index (Phi) is 1.74. The molecule has 1 N–H and O–H groups in total. The quantitative estimate of drug-likeness (QED) is 0.652. The third-order valence-corrected chi connectivity index (χ3v) is 5.35. The average molecular weight is 179 g/mol. The fourth-order valence-corrected chi connectivity index (χ4v) is 4.63. The Morgan fingerprint density at radius 3 is 2.69 bits per heavy atom. The van der Waals surface area contributed by atoms with Gasteiger partial charge in [0, 0.05) is 6.04 Å². The standard InChI is InChI=1S/C12H21N/c1-13-11-5-4-9-3-2-7-12(9)8-6-10(11)12/h9-11,13H,2-8H2,1H3. The van der Waals surface area contributed by atoms with Gasteiger partial charge in [0.25, 0.3) is 0 Å². The van der Waals surface area contributed by atoms with Crippen LogP contribution in [0.1, 0.15) is 44.9 Å².